The third-order valence-corrected chi connectivity index (χ3v) is 7.30. The molecule has 8 nitrogen and oxygen atoms in total. The minimum atomic E-state index is -4.85. The lowest BCUT2D eigenvalue weighted by Crippen LogP contribution is -2.45. The molecule has 0 bridgehead atoms. The number of alkyl halides is 3. The fourth-order valence-electron chi connectivity index (χ4n) is 5.38. The lowest BCUT2D eigenvalue weighted by Gasteiger charge is -2.23. The molecule has 0 fully saturated rings. The Bertz CT molecular complexity index is 1770. The van der Waals surface area contributed by atoms with Crippen LogP contribution >= 0.6 is 0 Å². The third-order valence-electron chi connectivity index (χ3n) is 7.30. The van der Waals surface area contributed by atoms with Crippen LogP contribution in [0.15, 0.2) is 59.4 Å². The molecule has 0 aliphatic heterocycles. The summed E-state index contributed by atoms with van der Waals surface area (Å²) >= 11 is 0. The molecule has 4 aromatic rings. The molecule has 1 heterocycles. The monoisotopic (exact) mass is 611 g/mol. The first-order valence-electron chi connectivity index (χ1n) is 14.2. The van der Waals surface area contributed by atoms with Crippen LogP contribution in [-0.4, -0.2) is 41.9 Å². The van der Waals surface area contributed by atoms with Gasteiger partial charge in [-0.05, 0) is 79.8 Å². The average Bonchev–Trinajstić information content (AvgIpc) is 2.95. The molecule has 234 valence electrons. The van der Waals surface area contributed by atoms with Crippen LogP contribution in [0, 0.1) is 0 Å². The Morgan fingerprint density at radius 1 is 1.00 bits per heavy atom. The molecule has 0 saturated carbocycles. The van der Waals surface area contributed by atoms with Crippen molar-refractivity contribution in [3.8, 4) is 11.1 Å². The number of alkyl carbamates (subject to hydrolysis) is 1. The van der Waals surface area contributed by atoms with Crippen molar-refractivity contribution in [2.45, 2.75) is 57.9 Å². The highest BCUT2D eigenvalue weighted by Crippen LogP contribution is 2.42. The molecule has 0 aliphatic carbocycles. The summed E-state index contributed by atoms with van der Waals surface area (Å²) in [5.74, 6) is -0.725. The van der Waals surface area contributed by atoms with E-state index in [1.54, 1.807) is 57.2 Å². The van der Waals surface area contributed by atoms with Gasteiger partial charge in [-0.15, -0.1) is 0 Å². The van der Waals surface area contributed by atoms with E-state index in [0.29, 0.717) is 41.3 Å². The van der Waals surface area contributed by atoms with Gasteiger partial charge in [0.25, 0.3) is 5.56 Å². The highest BCUT2D eigenvalue weighted by atomic mass is 19.4. The van der Waals surface area contributed by atoms with Crippen LogP contribution in [0.4, 0.5) is 18.0 Å². The second-order valence-electron chi connectivity index (χ2n) is 11.6. The van der Waals surface area contributed by atoms with Crippen molar-refractivity contribution >= 4 is 33.7 Å². The zero-order chi connectivity index (χ0) is 32.4. The van der Waals surface area contributed by atoms with E-state index >= 15 is 0 Å². The number of nitrogens with two attached hydrogens (primary N) is 1. The first-order chi connectivity index (χ1) is 20.7. The molecule has 1 aromatic heterocycles. The molecule has 1 atom stereocenters. The molecule has 0 radical (unpaired) electrons. The van der Waals surface area contributed by atoms with E-state index in [2.05, 4.69) is 5.32 Å². The third kappa shape index (κ3) is 6.88. The van der Waals surface area contributed by atoms with Crippen LogP contribution in [0.5, 0.6) is 0 Å². The number of benzene rings is 3. The molecular formula is C33H36F3N3O5. The minimum Gasteiger partial charge on any atom is -0.467 e. The highest BCUT2D eigenvalue weighted by Gasteiger charge is 2.38. The number of carbonyl (C=O) groups is 2. The van der Waals surface area contributed by atoms with Crippen LogP contribution in [0.25, 0.3) is 32.8 Å². The summed E-state index contributed by atoms with van der Waals surface area (Å²) in [4.78, 5) is 38.8. The average molecular weight is 612 g/mol. The Balaban J connectivity index is 1.92. The summed E-state index contributed by atoms with van der Waals surface area (Å²) in [5.41, 5.74) is 4.03. The number of fused-ring (bicyclic) bond motifs is 2. The number of halogens is 3. The van der Waals surface area contributed by atoms with Crippen LogP contribution in [-0.2, 0) is 40.3 Å². The quantitative estimate of drug-likeness (QED) is 0.241. The van der Waals surface area contributed by atoms with E-state index in [9.17, 15) is 27.6 Å². The Morgan fingerprint density at radius 3 is 2.32 bits per heavy atom. The van der Waals surface area contributed by atoms with Crippen LogP contribution in [0.1, 0.15) is 43.9 Å². The Hall–Kier alpha value is -4.38. The number of methoxy groups -OCH3 is 1. The lowest BCUT2D eigenvalue weighted by atomic mass is 9.90. The van der Waals surface area contributed by atoms with Crippen LogP contribution in [0.3, 0.4) is 0 Å². The van der Waals surface area contributed by atoms with Crippen molar-refractivity contribution in [3.63, 3.8) is 0 Å². The second kappa shape index (κ2) is 12.7. The van der Waals surface area contributed by atoms with E-state index in [4.69, 9.17) is 15.2 Å². The number of hydrogen-bond donors (Lipinski definition) is 2. The summed E-state index contributed by atoms with van der Waals surface area (Å²) < 4.78 is 56.1. The first kappa shape index (κ1) is 32.5. The van der Waals surface area contributed by atoms with Crippen LogP contribution in [0.2, 0.25) is 0 Å². The molecule has 4 rings (SSSR count). The standard InChI is InChI=1S/C33H36F3N3O5/c1-32(2,3)44-31(42)38-25(30(41)43-5)18-20-10-6-12-22-21(20)11-7-13-23(22)27-28(33(34,35)36)24-17-19(9-8-16-37)14-15-26(24)39(4)29(27)40/h6-7,10-15,17,25H,8-9,16,18,37H2,1-5H3,(H,38,42)/t25-/m0/s1. The first-order valence-corrected chi connectivity index (χ1v) is 14.2. The van der Waals surface area contributed by atoms with Crippen molar-refractivity contribution in [2.24, 2.45) is 12.8 Å². The fraction of sp³-hybridized carbons (Fsp3) is 0.364. The number of nitrogens with one attached hydrogen (secondary N) is 1. The van der Waals surface area contributed by atoms with E-state index < -0.39 is 46.6 Å². The van der Waals surface area contributed by atoms with Gasteiger partial charge < -0.3 is 25.1 Å². The summed E-state index contributed by atoms with van der Waals surface area (Å²) in [5, 5.41) is 3.34. The molecule has 0 unspecified atom stereocenters. The molecule has 11 heteroatoms. The smallest absolute Gasteiger partial charge is 0.417 e. The number of carbonyl (C=O) groups excluding carboxylic acids is 2. The minimum absolute atomic E-state index is 0.0426. The van der Waals surface area contributed by atoms with Crippen molar-refractivity contribution in [3.05, 3.63) is 81.6 Å². The molecule has 3 aromatic carbocycles. The van der Waals surface area contributed by atoms with Gasteiger partial charge >= 0.3 is 18.2 Å². The summed E-state index contributed by atoms with van der Waals surface area (Å²) in [7, 11) is 2.64. The molecular weight excluding hydrogens is 575 g/mol. The maximum absolute atomic E-state index is 14.9. The summed E-state index contributed by atoms with van der Waals surface area (Å²) in [6, 6.07) is 13.3. The van der Waals surface area contributed by atoms with E-state index in [-0.39, 0.29) is 22.9 Å². The van der Waals surface area contributed by atoms with Gasteiger partial charge in [0, 0.05) is 18.9 Å². The van der Waals surface area contributed by atoms with E-state index in [1.807, 2.05) is 0 Å². The molecule has 0 aliphatic rings. The van der Waals surface area contributed by atoms with Crippen molar-refractivity contribution in [2.75, 3.05) is 13.7 Å². The van der Waals surface area contributed by atoms with Gasteiger partial charge in [0.05, 0.1) is 23.8 Å². The summed E-state index contributed by atoms with van der Waals surface area (Å²) in [6.07, 6.45) is -4.61. The Labute approximate surface area is 252 Å². The number of rotatable bonds is 8. The number of aryl methyl sites for hydroxylation is 2. The SMILES string of the molecule is COC(=O)[C@H](Cc1cccc2c(-c3c(C(F)(F)F)c4cc(CCCN)ccc4n(C)c3=O)cccc12)NC(=O)OC(C)(C)C. The number of hydrogen-bond acceptors (Lipinski definition) is 6. The number of nitrogens with zero attached hydrogens (tertiary/aromatic N) is 1. The normalized spacial score (nSPS) is 12.8. The fourth-order valence-corrected chi connectivity index (χ4v) is 5.38. The Kier molecular flexibility index (Phi) is 9.39. The molecule has 1 amide bonds. The molecule has 0 spiro atoms. The van der Waals surface area contributed by atoms with Gasteiger partial charge in [-0.3, -0.25) is 4.79 Å². The lowest BCUT2D eigenvalue weighted by molar-refractivity contribution is -0.143. The number of ether oxygens (including phenoxy) is 2. The Morgan fingerprint density at radius 2 is 1.68 bits per heavy atom. The second-order valence-corrected chi connectivity index (χ2v) is 11.6. The number of aromatic nitrogens is 1. The molecule has 3 N–H and O–H groups in total. The van der Waals surface area contributed by atoms with Gasteiger partial charge in [0.1, 0.15) is 11.6 Å². The van der Waals surface area contributed by atoms with Gasteiger partial charge in [-0.1, -0.05) is 42.5 Å². The predicted molar refractivity (Wildman–Crippen MR) is 163 cm³/mol. The molecule has 0 saturated heterocycles. The van der Waals surface area contributed by atoms with Gasteiger partial charge in [0.15, 0.2) is 0 Å². The van der Waals surface area contributed by atoms with E-state index in [1.165, 1.54) is 36.9 Å². The topological polar surface area (TPSA) is 113 Å². The zero-order valence-electron chi connectivity index (χ0n) is 25.3. The van der Waals surface area contributed by atoms with Gasteiger partial charge in [0.2, 0.25) is 0 Å². The maximum atomic E-state index is 14.9. The summed E-state index contributed by atoms with van der Waals surface area (Å²) in [6.45, 7) is 5.43. The number of esters is 1. The van der Waals surface area contributed by atoms with Crippen molar-refractivity contribution in [1.82, 2.24) is 9.88 Å². The molecule has 44 heavy (non-hydrogen) atoms. The van der Waals surface area contributed by atoms with Gasteiger partial charge in [-0.25, -0.2) is 9.59 Å². The van der Waals surface area contributed by atoms with Crippen molar-refractivity contribution in [1.29, 1.82) is 0 Å². The number of pyridine rings is 1. The maximum Gasteiger partial charge on any atom is 0.417 e. The largest absolute Gasteiger partial charge is 0.467 e. The number of amides is 1. The van der Waals surface area contributed by atoms with Crippen molar-refractivity contribution < 1.29 is 32.2 Å². The predicted octanol–water partition coefficient (Wildman–Crippen LogP) is 5.88. The van der Waals surface area contributed by atoms with Gasteiger partial charge in [-0.2, -0.15) is 13.2 Å². The van der Waals surface area contributed by atoms with Crippen LogP contribution < -0.4 is 16.6 Å². The highest BCUT2D eigenvalue weighted by molar-refractivity contribution is 6.02. The van der Waals surface area contributed by atoms with E-state index in [0.717, 1.165) is 0 Å². The zero-order valence-corrected chi connectivity index (χ0v) is 25.3.